The second kappa shape index (κ2) is 7.93. The molecular formula is C20H19N5O2S. The molecule has 8 heteroatoms. The van der Waals surface area contributed by atoms with Gasteiger partial charge in [0.05, 0.1) is 5.75 Å². The van der Waals surface area contributed by atoms with Gasteiger partial charge in [-0.1, -0.05) is 11.8 Å². The predicted octanol–water partition coefficient (Wildman–Crippen LogP) is 3.61. The molecule has 2 heterocycles. The fraction of sp³-hybridized carbons (Fsp3) is 0.250. The van der Waals surface area contributed by atoms with Gasteiger partial charge in [0, 0.05) is 42.2 Å². The molecule has 0 bridgehead atoms. The van der Waals surface area contributed by atoms with E-state index in [0.717, 1.165) is 29.4 Å². The highest BCUT2D eigenvalue weighted by Crippen LogP contribution is 2.41. The third kappa shape index (κ3) is 4.12. The number of carbonyl (C=O) groups excluding carboxylic acids is 2. The quantitative estimate of drug-likeness (QED) is 0.487. The second-order valence-corrected chi connectivity index (χ2v) is 7.56. The van der Waals surface area contributed by atoms with Crippen LogP contribution in [0.25, 0.3) is 11.4 Å². The SMILES string of the molecule is CC(=O)Nc1ccc(C(=O)CSc2nnc(-c3cccnc3)n2C2CC2)cc1. The third-order valence-corrected chi connectivity index (χ3v) is 5.30. The molecule has 0 radical (unpaired) electrons. The van der Waals surface area contributed by atoms with Crippen molar-refractivity contribution < 1.29 is 9.59 Å². The standard InChI is InChI=1S/C20H19N5O2S/c1-13(26)22-16-6-4-14(5-7-16)18(27)12-28-20-24-23-19(25(20)17-8-9-17)15-3-2-10-21-11-15/h2-7,10-11,17H,8-9,12H2,1H3,(H,22,26). The van der Waals surface area contributed by atoms with Crippen LogP contribution in [0, 0.1) is 0 Å². The van der Waals surface area contributed by atoms with Crippen molar-refractivity contribution in [3.63, 3.8) is 0 Å². The summed E-state index contributed by atoms with van der Waals surface area (Å²) in [6.07, 6.45) is 5.70. The zero-order valence-corrected chi connectivity index (χ0v) is 16.1. The molecule has 1 amide bonds. The number of nitrogens with zero attached hydrogens (tertiary/aromatic N) is 4. The molecule has 4 rings (SSSR count). The molecule has 1 N–H and O–H groups in total. The Morgan fingerprint density at radius 3 is 2.61 bits per heavy atom. The molecule has 1 aliphatic rings. The van der Waals surface area contributed by atoms with Crippen LogP contribution in [0.4, 0.5) is 5.69 Å². The fourth-order valence-electron chi connectivity index (χ4n) is 2.89. The van der Waals surface area contributed by atoms with E-state index in [2.05, 4.69) is 25.1 Å². The lowest BCUT2D eigenvalue weighted by molar-refractivity contribution is -0.114. The molecule has 2 aromatic heterocycles. The van der Waals surface area contributed by atoms with E-state index in [0.29, 0.717) is 17.3 Å². The maximum absolute atomic E-state index is 12.5. The largest absolute Gasteiger partial charge is 0.326 e. The van der Waals surface area contributed by atoms with Crippen LogP contribution in [0.3, 0.4) is 0 Å². The lowest BCUT2D eigenvalue weighted by Gasteiger charge is -2.08. The first kappa shape index (κ1) is 18.4. The van der Waals surface area contributed by atoms with Gasteiger partial charge in [-0.3, -0.25) is 19.1 Å². The van der Waals surface area contributed by atoms with Gasteiger partial charge in [0.2, 0.25) is 5.91 Å². The number of carbonyl (C=O) groups is 2. The Bertz CT molecular complexity index is 997. The number of hydrogen-bond acceptors (Lipinski definition) is 6. The molecule has 3 aromatic rings. The lowest BCUT2D eigenvalue weighted by Crippen LogP contribution is -2.07. The summed E-state index contributed by atoms with van der Waals surface area (Å²) in [4.78, 5) is 27.8. The Kier molecular flexibility index (Phi) is 5.21. The average Bonchev–Trinajstić information content (AvgIpc) is 3.46. The molecule has 0 unspecified atom stereocenters. The van der Waals surface area contributed by atoms with E-state index in [-0.39, 0.29) is 17.4 Å². The highest BCUT2D eigenvalue weighted by Gasteiger charge is 2.30. The molecule has 0 saturated heterocycles. The van der Waals surface area contributed by atoms with Gasteiger partial charge in [-0.2, -0.15) is 0 Å². The number of Topliss-reactive ketones (excluding diaryl/α,β-unsaturated/α-hetero) is 1. The van der Waals surface area contributed by atoms with Crippen molar-refractivity contribution in [3.05, 3.63) is 54.4 Å². The number of thioether (sulfide) groups is 1. The van der Waals surface area contributed by atoms with Gasteiger partial charge in [-0.25, -0.2) is 0 Å². The maximum Gasteiger partial charge on any atom is 0.221 e. The smallest absolute Gasteiger partial charge is 0.221 e. The first-order valence-corrected chi connectivity index (χ1v) is 9.99. The minimum absolute atomic E-state index is 0.00708. The zero-order valence-electron chi connectivity index (χ0n) is 15.3. The van der Waals surface area contributed by atoms with E-state index < -0.39 is 0 Å². The van der Waals surface area contributed by atoms with Crippen molar-refractivity contribution in [2.75, 3.05) is 11.1 Å². The van der Waals surface area contributed by atoms with Crippen LogP contribution in [0.1, 0.15) is 36.2 Å². The maximum atomic E-state index is 12.5. The molecule has 0 aliphatic heterocycles. The molecular weight excluding hydrogens is 374 g/mol. The summed E-state index contributed by atoms with van der Waals surface area (Å²) in [5.74, 6) is 0.938. The summed E-state index contributed by atoms with van der Waals surface area (Å²) >= 11 is 1.40. The van der Waals surface area contributed by atoms with E-state index >= 15 is 0 Å². The van der Waals surface area contributed by atoms with Crippen molar-refractivity contribution in [1.82, 2.24) is 19.7 Å². The minimum Gasteiger partial charge on any atom is -0.326 e. The number of amides is 1. The van der Waals surface area contributed by atoms with Crippen molar-refractivity contribution in [3.8, 4) is 11.4 Å². The van der Waals surface area contributed by atoms with Crippen LogP contribution in [0.5, 0.6) is 0 Å². The Balaban J connectivity index is 1.47. The highest BCUT2D eigenvalue weighted by molar-refractivity contribution is 7.99. The monoisotopic (exact) mass is 393 g/mol. The van der Waals surface area contributed by atoms with Gasteiger partial charge < -0.3 is 5.32 Å². The number of ketones is 1. The molecule has 7 nitrogen and oxygen atoms in total. The Hall–Kier alpha value is -3.00. The van der Waals surface area contributed by atoms with E-state index in [9.17, 15) is 9.59 Å². The molecule has 1 aliphatic carbocycles. The van der Waals surface area contributed by atoms with Gasteiger partial charge in [-0.15, -0.1) is 10.2 Å². The van der Waals surface area contributed by atoms with Crippen LogP contribution in [-0.2, 0) is 4.79 Å². The van der Waals surface area contributed by atoms with E-state index in [1.807, 2.05) is 12.1 Å². The molecule has 142 valence electrons. The van der Waals surface area contributed by atoms with Crippen LogP contribution < -0.4 is 5.32 Å². The van der Waals surface area contributed by atoms with Gasteiger partial charge in [-0.05, 0) is 49.2 Å². The zero-order chi connectivity index (χ0) is 19.5. The molecule has 1 saturated carbocycles. The molecule has 0 atom stereocenters. The first-order chi connectivity index (χ1) is 13.6. The summed E-state index contributed by atoms with van der Waals surface area (Å²) < 4.78 is 2.12. The number of nitrogens with one attached hydrogen (secondary N) is 1. The predicted molar refractivity (Wildman–Crippen MR) is 107 cm³/mol. The topological polar surface area (TPSA) is 89.8 Å². The average molecular weight is 393 g/mol. The van der Waals surface area contributed by atoms with Crippen molar-refractivity contribution in [1.29, 1.82) is 0 Å². The van der Waals surface area contributed by atoms with E-state index in [4.69, 9.17) is 0 Å². The number of benzene rings is 1. The van der Waals surface area contributed by atoms with Crippen molar-refractivity contribution in [2.24, 2.45) is 0 Å². The minimum atomic E-state index is -0.140. The fourth-order valence-corrected chi connectivity index (χ4v) is 3.79. The Morgan fingerprint density at radius 1 is 1.18 bits per heavy atom. The van der Waals surface area contributed by atoms with Crippen LogP contribution >= 0.6 is 11.8 Å². The number of aromatic nitrogens is 4. The van der Waals surface area contributed by atoms with Crippen molar-refractivity contribution >= 4 is 29.1 Å². The van der Waals surface area contributed by atoms with Crippen LogP contribution in [-0.4, -0.2) is 37.2 Å². The molecule has 28 heavy (non-hydrogen) atoms. The Morgan fingerprint density at radius 2 is 1.96 bits per heavy atom. The van der Waals surface area contributed by atoms with Gasteiger partial charge >= 0.3 is 0 Å². The summed E-state index contributed by atoms with van der Waals surface area (Å²) in [6.45, 7) is 1.45. The molecule has 0 spiro atoms. The summed E-state index contributed by atoms with van der Waals surface area (Å²) in [5, 5.41) is 12.1. The Labute approximate surface area is 166 Å². The van der Waals surface area contributed by atoms with Crippen LogP contribution in [0.15, 0.2) is 53.9 Å². The summed E-state index contributed by atoms with van der Waals surface area (Å²) in [7, 11) is 0. The number of rotatable bonds is 7. The first-order valence-electron chi connectivity index (χ1n) is 9.01. The van der Waals surface area contributed by atoms with Gasteiger partial charge in [0.1, 0.15) is 0 Å². The van der Waals surface area contributed by atoms with E-state index in [1.54, 1.807) is 36.7 Å². The van der Waals surface area contributed by atoms with Crippen molar-refractivity contribution in [2.45, 2.75) is 31.0 Å². The summed E-state index contributed by atoms with van der Waals surface area (Å²) in [6, 6.07) is 11.1. The molecule has 1 fully saturated rings. The van der Waals surface area contributed by atoms with Gasteiger partial charge in [0.15, 0.2) is 16.8 Å². The third-order valence-electron chi connectivity index (χ3n) is 4.36. The molecule has 1 aromatic carbocycles. The normalized spacial score (nSPS) is 13.3. The lowest BCUT2D eigenvalue weighted by atomic mass is 10.1. The number of pyridine rings is 1. The summed E-state index contributed by atoms with van der Waals surface area (Å²) in [5.41, 5.74) is 2.20. The van der Waals surface area contributed by atoms with E-state index in [1.165, 1.54) is 18.7 Å². The number of anilines is 1. The second-order valence-electron chi connectivity index (χ2n) is 6.62. The number of hydrogen-bond donors (Lipinski definition) is 1. The highest BCUT2D eigenvalue weighted by atomic mass is 32.2. The van der Waals surface area contributed by atoms with Gasteiger partial charge in [0.25, 0.3) is 0 Å². The van der Waals surface area contributed by atoms with Crippen LogP contribution in [0.2, 0.25) is 0 Å².